The smallest absolute Gasteiger partial charge is 0.227 e. The molecule has 124 valence electrons. The first kappa shape index (κ1) is 18.6. The fourth-order valence-electron chi connectivity index (χ4n) is 2.73. The lowest BCUT2D eigenvalue weighted by molar-refractivity contribution is -0.120. The molecule has 6 heteroatoms. The topological polar surface area (TPSA) is 73.6 Å². The van der Waals surface area contributed by atoms with Crippen LogP contribution in [0.2, 0.25) is 0 Å². The molecule has 0 bridgehead atoms. The third-order valence-corrected chi connectivity index (χ3v) is 3.82. The van der Waals surface area contributed by atoms with Gasteiger partial charge in [-0.2, -0.15) is 0 Å². The van der Waals surface area contributed by atoms with E-state index in [1.807, 2.05) is 19.1 Å². The molecule has 1 saturated carbocycles. The van der Waals surface area contributed by atoms with E-state index in [1.165, 1.54) is 0 Å². The Morgan fingerprint density at radius 2 is 2.14 bits per heavy atom. The highest BCUT2D eigenvalue weighted by atomic mass is 35.5. The first-order valence-electron chi connectivity index (χ1n) is 7.51. The molecule has 3 N–H and O–H groups in total. The van der Waals surface area contributed by atoms with Crippen molar-refractivity contribution in [1.29, 1.82) is 0 Å². The Balaban J connectivity index is 0.00000242. The van der Waals surface area contributed by atoms with Crippen LogP contribution in [0.1, 0.15) is 32.6 Å². The van der Waals surface area contributed by atoms with Gasteiger partial charge in [-0.1, -0.05) is 6.42 Å². The SMILES string of the molecule is CCOc1ccc(NC(=O)C2CCCC(N)C2)cc1OC.Cl. The molecular formula is C16H25ClN2O3. The van der Waals surface area contributed by atoms with Crippen LogP contribution < -0.4 is 20.5 Å². The summed E-state index contributed by atoms with van der Waals surface area (Å²) in [7, 11) is 1.59. The van der Waals surface area contributed by atoms with Gasteiger partial charge in [0.2, 0.25) is 5.91 Å². The minimum atomic E-state index is 0. The Bertz CT molecular complexity index is 496. The summed E-state index contributed by atoms with van der Waals surface area (Å²) >= 11 is 0. The Morgan fingerprint density at radius 1 is 1.36 bits per heavy atom. The van der Waals surface area contributed by atoms with Gasteiger partial charge in [0.1, 0.15) is 0 Å². The Kier molecular flexibility index (Phi) is 7.48. The molecule has 1 aliphatic carbocycles. The van der Waals surface area contributed by atoms with Crippen molar-refractivity contribution in [2.45, 2.75) is 38.6 Å². The molecule has 2 rings (SSSR count). The first-order valence-corrected chi connectivity index (χ1v) is 7.51. The van der Waals surface area contributed by atoms with Gasteiger partial charge in [-0.15, -0.1) is 12.4 Å². The highest BCUT2D eigenvalue weighted by Gasteiger charge is 2.25. The molecule has 1 aromatic carbocycles. The van der Waals surface area contributed by atoms with E-state index in [4.69, 9.17) is 15.2 Å². The number of ether oxygens (including phenoxy) is 2. The highest BCUT2D eigenvalue weighted by Crippen LogP contribution is 2.31. The van der Waals surface area contributed by atoms with Gasteiger partial charge in [0.05, 0.1) is 13.7 Å². The summed E-state index contributed by atoms with van der Waals surface area (Å²) < 4.78 is 10.8. The van der Waals surface area contributed by atoms with Crippen LogP contribution in [-0.4, -0.2) is 25.7 Å². The molecule has 22 heavy (non-hydrogen) atoms. The first-order chi connectivity index (χ1) is 10.1. The lowest BCUT2D eigenvalue weighted by Gasteiger charge is -2.25. The number of nitrogens with one attached hydrogen (secondary N) is 1. The predicted molar refractivity (Wildman–Crippen MR) is 90.0 cm³/mol. The second-order valence-electron chi connectivity index (χ2n) is 5.41. The molecule has 1 aliphatic rings. The quantitative estimate of drug-likeness (QED) is 0.871. The molecule has 1 aromatic rings. The lowest BCUT2D eigenvalue weighted by atomic mass is 9.85. The summed E-state index contributed by atoms with van der Waals surface area (Å²) in [6, 6.07) is 5.56. The fourth-order valence-corrected chi connectivity index (χ4v) is 2.73. The number of benzene rings is 1. The molecule has 2 unspecified atom stereocenters. The monoisotopic (exact) mass is 328 g/mol. The van der Waals surface area contributed by atoms with Gasteiger partial charge in [0, 0.05) is 23.7 Å². The Labute approximate surface area is 138 Å². The normalized spacial score (nSPS) is 20.7. The predicted octanol–water partition coefficient (Wildman–Crippen LogP) is 2.97. The maximum Gasteiger partial charge on any atom is 0.227 e. The zero-order chi connectivity index (χ0) is 15.2. The molecule has 0 saturated heterocycles. The van der Waals surface area contributed by atoms with Crippen LogP contribution in [0.3, 0.4) is 0 Å². The Hall–Kier alpha value is -1.46. The summed E-state index contributed by atoms with van der Waals surface area (Å²) in [6.07, 6.45) is 3.71. The number of nitrogens with two attached hydrogens (primary N) is 1. The van der Waals surface area contributed by atoms with E-state index in [1.54, 1.807) is 13.2 Å². The molecule has 1 amide bonds. The maximum absolute atomic E-state index is 12.3. The number of rotatable bonds is 5. The van der Waals surface area contributed by atoms with E-state index in [-0.39, 0.29) is 30.3 Å². The van der Waals surface area contributed by atoms with Gasteiger partial charge in [0.25, 0.3) is 0 Å². The van der Waals surface area contributed by atoms with Gasteiger partial charge in [-0.05, 0) is 38.3 Å². The number of halogens is 1. The molecule has 2 atom stereocenters. The van der Waals surface area contributed by atoms with Crippen molar-refractivity contribution < 1.29 is 14.3 Å². The summed E-state index contributed by atoms with van der Waals surface area (Å²) in [5, 5.41) is 2.95. The van der Waals surface area contributed by atoms with E-state index in [9.17, 15) is 4.79 Å². The van der Waals surface area contributed by atoms with Crippen LogP contribution in [0.5, 0.6) is 11.5 Å². The van der Waals surface area contributed by atoms with Crippen molar-refractivity contribution in [2.24, 2.45) is 11.7 Å². The number of amides is 1. The Morgan fingerprint density at radius 3 is 2.77 bits per heavy atom. The summed E-state index contributed by atoms with van der Waals surface area (Å²) in [5.74, 6) is 1.34. The molecule has 0 aromatic heterocycles. The molecular weight excluding hydrogens is 304 g/mol. The molecule has 0 aliphatic heterocycles. The van der Waals surface area contributed by atoms with Gasteiger partial charge >= 0.3 is 0 Å². The van der Waals surface area contributed by atoms with Crippen LogP contribution in [0, 0.1) is 5.92 Å². The molecule has 0 radical (unpaired) electrons. The van der Waals surface area contributed by atoms with Crippen LogP contribution in [0.15, 0.2) is 18.2 Å². The van der Waals surface area contributed by atoms with Crippen molar-refractivity contribution in [3.63, 3.8) is 0 Å². The van der Waals surface area contributed by atoms with Crippen molar-refractivity contribution in [3.05, 3.63) is 18.2 Å². The third-order valence-electron chi connectivity index (χ3n) is 3.82. The number of carbonyl (C=O) groups is 1. The number of hydrogen-bond acceptors (Lipinski definition) is 4. The number of anilines is 1. The van der Waals surface area contributed by atoms with Crippen LogP contribution in [0.4, 0.5) is 5.69 Å². The van der Waals surface area contributed by atoms with E-state index < -0.39 is 0 Å². The summed E-state index contributed by atoms with van der Waals surface area (Å²) in [5.41, 5.74) is 6.66. The van der Waals surface area contributed by atoms with Gasteiger partial charge in [0.15, 0.2) is 11.5 Å². The summed E-state index contributed by atoms with van der Waals surface area (Å²) in [4.78, 5) is 12.3. The van der Waals surface area contributed by atoms with Crippen molar-refractivity contribution >= 4 is 24.0 Å². The number of methoxy groups -OCH3 is 1. The van der Waals surface area contributed by atoms with E-state index in [0.29, 0.717) is 18.1 Å². The molecule has 5 nitrogen and oxygen atoms in total. The highest BCUT2D eigenvalue weighted by molar-refractivity contribution is 5.93. The average molecular weight is 329 g/mol. The summed E-state index contributed by atoms with van der Waals surface area (Å²) in [6.45, 7) is 2.49. The molecule has 1 fully saturated rings. The third kappa shape index (κ3) is 4.78. The van der Waals surface area contributed by atoms with Crippen LogP contribution in [0.25, 0.3) is 0 Å². The fraction of sp³-hybridized carbons (Fsp3) is 0.562. The minimum absolute atomic E-state index is 0. The van der Waals surface area contributed by atoms with Crippen LogP contribution >= 0.6 is 12.4 Å². The van der Waals surface area contributed by atoms with Crippen molar-refractivity contribution in [2.75, 3.05) is 19.0 Å². The van der Waals surface area contributed by atoms with Gasteiger partial charge < -0.3 is 20.5 Å². The lowest BCUT2D eigenvalue weighted by Crippen LogP contribution is -2.34. The molecule has 0 spiro atoms. The standard InChI is InChI=1S/C16H24N2O3.ClH/c1-3-21-14-8-7-13(10-15(14)20-2)18-16(19)11-5-4-6-12(17)9-11;/h7-8,10-12H,3-6,9,17H2,1-2H3,(H,18,19);1H. The second kappa shape index (κ2) is 8.86. The van der Waals surface area contributed by atoms with E-state index in [0.717, 1.165) is 31.4 Å². The van der Waals surface area contributed by atoms with Gasteiger partial charge in [-0.25, -0.2) is 0 Å². The zero-order valence-electron chi connectivity index (χ0n) is 13.1. The average Bonchev–Trinajstić information content (AvgIpc) is 2.49. The van der Waals surface area contributed by atoms with E-state index in [2.05, 4.69) is 5.32 Å². The second-order valence-corrected chi connectivity index (χ2v) is 5.41. The van der Waals surface area contributed by atoms with E-state index >= 15 is 0 Å². The zero-order valence-corrected chi connectivity index (χ0v) is 13.9. The number of hydrogen-bond donors (Lipinski definition) is 2. The van der Waals surface area contributed by atoms with Crippen molar-refractivity contribution in [1.82, 2.24) is 0 Å². The largest absolute Gasteiger partial charge is 0.493 e. The van der Waals surface area contributed by atoms with Gasteiger partial charge in [-0.3, -0.25) is 4.79 Å². The maximum atomic E-state index is 12.3. The molecule has 0 heterocycles. The van der Waals surface area contributed by atoms with Crippen molar-refractivity contribution in [3.8, 4) is 11.5 Å². The number of carbonyl (C=O) groups excluding carboxylic acids is 1. The minimum Gasteiger partial charge on any atom is -0.493 e. The van der Waals surface area contributed by atoms with Crippen LogP contribution in [-0.2, 0) is 4.79 Å².